The van der Waals surface area contributed by atoms with Gasteiger partial charge in [0.15, 0.2) is 11.0 Å². The first-order valence-electron chi connectivity index (χ1n) is 9.99. The standard InChI is InChI=1S/C21H27ClN4O2S/c1-2-13-26-19(15-28-18-10-8-16(22)9-11-18)24-25-21(26)29-14-12-20(27)23-17-6-4-3-5-7-17/h2,8-11,17H,1,3-7,12-15H2,(H,23,27). The third-order valence-electron chi connectivity index (χ3n) is 4.82. The van der Waals surface area contributed by atoms with Crippen molar-refractivity contribution in [1.82, 2.24) is 20.1 Å². The summed E-state index contributed by atoms with van der Waals surface area (Å²) in [5, 5.41) is 13.1. The van der Waals surface area contributed by atoms with Crippen LogP contribution in [0.5, 0.6) is 5.75 Å². The van der Waals surface area contributed by atoms with Gasteiger partial charge in [-0.1, -0.05) is 48.7 Å². The van der Waals surface area contributed by atoms with E-state index < -0.39 is 0 Å². The number of halogens is 1. The van der Waals surface area contributed by atoms with Crippen LogP contribution in [-0.2, 0) is 17.9 Å². The number of carbonyl (C=O) groups is 1. The molecule has 6 nitrogen and oxygen atoms in total. The number of nitrogens with zero attached hydrogens (tertiary/aromatic N) is 3. The lowest BCUT2D eigenvalue weighted by Gasteiger charge is -2.22. The Balaban J connectivity index is 1.50. The topological polar surface area (TPSA) is 69.0 Å². The van der Waals surface area contributed by atoms with Crippen LogP contribution < -0.4 is 10.1 Å². The van der Waals surface area contributed by atoms with Gasteiger partial charge in [0.1, 0.15) is 12.4 Å². The molecule has 0 radical (unpaired) electrons. The van der Waals surface area contributed by atoms with E-state index in [9.17, 15) is 4.79 Å². The Hall–Kier alpha value is -1.99. The number of allylic oxidation sites excluding steroid dienone is 1. The van der Waals surface area contributed by atoms with Crippen LogP contribution in [0.25, 0.3) is 0 Å². The summed E-state index contributed by atoms with van der Waals surface area (Å²) in [4.78, 5) is 12.2. The molecule has 1 aliphatic carbocycles. The van der Waals surface area contributed by atoms with Crippen molar-refractivity contribution >= 4 is 29.3 Å². The molecule has 29 heavy (non-hydrogen) atoms. The molecule has 0 aliphatic heterocycles. The number of benzene rings is 1. The molecule has 156 valence electrons. The molecule has 0 spiro atoms. The molecule has 8 heteroatoms. The Morgan fingerprint density at radius 3 is 2.76 bits per heavy atom. The van der Waals surface area contributed by atoms with Crippen LogP contribution in [-0.4, -0.2) is 32.5 Å². The molecule has 1 N–H and O–H groups in total. The number of thioether (sulfide) groups is 1. The minimum Gasteiger partial charge on any atom is -0.486 e. The van der Waals surface area contributed by atoms with E-state index in [1.54, 1.807) is 18.2 Å². The normalized spacial score (nSPS) is 14.5. The Kier molecular flexibility index (Phi) is 8.43. The van der Waals surface area contributed by atoms with Gasteiger partial charge < -0.3 is 10.1 Å². The molecule has 3 rings (SSSR count). The summed E-state index contributed by atoms with van der Waals surface area (Å²) < 4.78 is 7.75. The van der Waals surface area contributed by atoms with Crippen molar-refractivity contribution in [1.29, 1.82) is 0 Å². The molecule has 0 unspecified atom stereocenters. The highest BCUT2D eigenvalue weighted by Gasteiger charge is 2.16. The van der Waals surface area contributed by atoms with Crippen LogP contribution in [0.4, 0.5) is 0 Å². The van der Waals surface area contributed by atoms with E-state index in [4.69, 9.17) is 16.3 Å². The summed E-state index contributed by atoms with van der Waals surface area (Å²) in [5.41, 5.74) is 0. The Morgan fingerprint density at radius 1 is 1.28 bits per heavy atom. The van der Waals surface area contributed by atoms with Crippen LogP contribution in [0.3, 0.4) is 0 Å². The van der Waals surface area contributed by atoms with Gasteiger partial charge in [-0.05, 0) is 37.1 Å². The Bertz CT molecular complexity index is 804. The number of hydrogen-bond acceptors (Lipinski definition) is 5. The highest BCUT2D eigenvalue weighted by Crippen LogP contribution is 2.21. The molecule has 0 saturated heterocycles. The molecule has 1 fully saturated rings. The highest BCUT2D eigenvalue weighted by molar-refractivity contribution is 7.99. The van der Waals surface area contributed by atoms with Crippen molar-refractivity contribution < 1.29 is 9.53 Å². The summed E-state index contributed by atoms with van der Waals surface area (Å²) >= 11 is 7.43. The molecule has 0 bridgehead atoms. The van der Waals surface area contributed by atoms with E-state index >= 15 is 0 Å². The third kappa shape index (κ3) is 6.78. The second-order valence-corrected chi connectivity index (χ2v) is 8.54. The lowest BCUT2D eigenvalue weighted by Crippen LogP contribution is -2.36. The first-order valence-corrected chi connectivity index (χ1v) is 11.4. The molecule has 0 atom stereocenters. The molecule has 1 aliphatic rings. The number of ether oxygens (including phenoxy) is 1. The third-order valence-corrected chi connectivity index (χ3v) is 6.04. The van der Waals surface area contributed by atoms with Crippen LogP contribution in [0.1, 0.15) is 44.3 Å². The molecule has 1 heterocycles. The van der Waals surface area contributed by atoms with Crippen LogP contribution in [0.15, 0.2) is 42.1 Å². The minimum atomic E-state index is 0.116. The van der Waals surface area contributed by atoms with E-state index in [1.807, 2.05) is 16.7 Å². The van der Waals surface area contributed by atoms with Crippen molar-refractivity contribution in [3.8, 4) is 5.75 Å². The zero-order valence-corrected chi connectivity index (χ0v) is 18.1. The average molecular weight is 435 g/mol. The lowest BCUT2D eigenvalue weighted by atomic mass is 9.95. The van der Waals surface area contributed by atoms with Gasteiger partial charge in [0.2, 0.25) is 5.91 Å². The number of hydrogen-bond donors (Lipinski definition) is 1. The fraction of sp³-hybridized carbons (Fsp3) is 0.476. The van der Waals surface area contributed by atoms with Gasteiger partial charge in [-0.15, -0.1) is 16.8 Å². The average Bonchev–Trinajstić information content (AvgIpc) is 3.10. The van der Waals surface area contributed by atoms with Gasteiger partial charge in [0.05, 0.1) is 0 Å². The molecule has 1 aromatic carbocycles. The van der Waals surface area contributed by atoms with Gasteiger partial charge in [-0.25, -0.2) is 0 Å². The van der Waals surface area contributed by atoms with Crippen molar-refractivity contribution in [2.24, 2.45) is 0 Å². The second kappa shape index (κ2) is 11.3. The molecular weight excluding hydrogens is 408 g/mol. The van der Waals surface area contributed by atoms with Gasteiger partial charge in [0.25, 0.3) is 0 Å². The maximum atomic E-state index is 12.2. The quantitative estimate of drug-likeness (QED) is 0.436. The largest absolute Gasteiger partial charge is 0.486 e. The fourth-order valence-electron chi connectivity index (χ4n) is 3.31. The maximum Gasteiger partial charge on any atom is 0.221 e. The molecule has 1 saturated carbocycles. The van der Waals surface area contributed by atoms with E-state index in [2.05, 4.69) is 22.1 Å². The predicted molar refractivity (Wildman–Crippen MR) is 116 cm³/mol. The van der Waals surface area contributed by atoms with Gasteiger partial charge in [-0.2, -0.15) is 0 Å². The second-order valence-electron chi connectivity index (χ2n) is 7.04. The Labute approximate surface area is 181 Å². The van der Waals surface area contributed by atoms with Crippen molar-refractivity contribution in [2.45, 2.75) is 62.9 Å². The molecule has 1 aromatic heterocycles. The summed E-state index contributed by atoms with van der Waals surface area (Å²) in [5.74, 6) is 2.21. The lowest BCUT2D eigenvalue weighted by molar-refractivity contribution is -0.121. The SMILES string of the molecule is C=CCn1c(COc2ccc(Cl)cc2)nnc1SCCC(=O)NC1CCCCC1. The van der Waals surface area contributed by atoms with Gasteiger partial charge >= 0.3 is 0 Å². The van der Waals surface area contributed by atoms with Crippen LogP contribution in [0, 0.1) is 0 Å². The minimum absolute atomic E-state index is 0.116. The molecule has 1 amide bonds. The first-order chi connectivity index (χ1) is 14.2. The Morgan fingerprint density at radius 2 is 2.03 bits per heavy atom. The maximum absolute atomic E-state index is 12.2. The highest BCUT2D eigenvalue weighted by atomic mass is 35.5. The summed E-state index contributed by atoms with van der Waals surface area (Å²) in [7, 11) is 0. The predicted octanol–water partition coefficient (Wildman–Crippen LogP) is 4.63. The fourth-order valence-corrected chi connectivity index (χ4v) is 4.34. The summed E-state index contributed by atoms with van der Waals surface area (Å²) in [6.07, 6.45) is 8.18. The number of rotatable bonds is 10. The van der Waals surface area contributed by atoms with E-state index in [1.165, 1.54) is 31.0 Å². The zero-order valence-electron chi connectivity index (χ0n) is 16.5. The number of carbonyl (C=O) groups excluding carboxylic acids is 1. The van der Waals surface area contributed by atoms with E-state index in [0.29, 0.717) is 42.2 Å². The molecular formula is C21H27ClN4O2S. The van der Waals surface area contributed by atoms with Crippen molar-refractivity contribution in [2.75, 3.05) is 5.75 Å². The van der Waals surface area contributed by atoms with Crippen LogP contribution in [0.2, 0.25) is 5.02 Å². The first kappa shape index (κ1) is 21.7. The summed E-state index contributed by atoms with van der Waals surface area (Å²) in [6, 6.07) is 7.55. The smallest absolute Gasteiger partial charge is 0.221 e. The number of amides is 1. The summed E-state index contributed by atoms with van der Waals surface area (Å²) in [6.45, 7) is 4.70. The van der Waals surface area contributed by atoms with E-state index in [0.717, 1.165) is 23.7 Å². The molecule has 2 aromatic rings. The number of nitrogens with one attached hydrogen (secondary N) is 1. The van der Waals surface area contributed by atoms with Gasteiger partial charge in [-0.3, -0.25) is 9.36 Å². The van der Waals surface area contributed by atoms with E-state index in [-0.39, 0.29) is 5.91 Å². The van der Waals surface area contributed by atoms with Crippen molar-refractivity contribution in [3.05, 3.63) is 47.8 Å². The van der Waals surface area contributed by atoms with Gasteiger partial charge in [0, 0.05) is 29.8 Å². The number of aromatic nitrogens is 3. The van der Waals surface area contributed by atoms with Crippen molar-refractivity contribution in [3.63, 3.8) is 0 Å². The zero-order chi connectivity index (χ0) is 20.5. The monoisotopic (exact) mass is 434 g/mol. The van der Waals surface area contributed by atoms with Crippen LogP contribution >= 0.6 is 23.4 Å².